The molecule has 0 bridgehead atoms. The summed E-state index contributed by atoms with van der Waals surface area (Å²) in [6, 6.07) is 22.2. The molecule has 2 aliphatic rings. The second-order valence-corrected chi connectivity index (χ2v) is 8.66. The van der Waals surface area contributed by atoms with Gasteiger partial charge in [-0.3, -0.25) is 0 Å². The SMILES string of the molecule is CCOc1ccc(C2Oc3ccc(Cl)cc3C3CC(c4ccc(Br)cc4)=NN32)cc1. The molecule has 0 radical (unpaired) electrons. The number of nitrogens with zero attached hydrogens (tertiary/aromatic N) is 2. The molecule has 0 aliphatic carbocycles. The van der Waals surface area contributed by atoms with Gasteiger partial charge in [0.15, 0.2) is 0 Å². The zero-order valence-corrected chi connectivity index (χ0v) is 18.7. The smallest absolute Gasteiger partial charge is 0.213 e. The molecular formula is C24H20BrClN2O2. The lowest BCUT2D eigenvalue weighted by Gasteiger charge is -2.38. The Kier molecular flexibility index (Phi) is 5.17. The third-order valence-corrected chi connectivity index (χ3v) is 6.17. The van der Waals surface area contributed by atoms with E-state index in [1.54, 1.807) is 0 Å². The van der Waals surface area contributed by atoms with Crippen molar-refractivity contribution in [3.8, 4) is 11.5 Å². The Morgan fingerprint density at radius 2 is 1.87 bits per heavy atom. The fraction of sp³-hybridized carbons (Fsp3) is 0.208. The highest BCUT2D eigenvalue weighted by atomic mass is 79.9. The molecule has 2 heterocycles. The fourth-order valence-electron chi connectivity index (χ4n) is 3.99. The molecule has 0 N–H and O–H groups in total. The lowest BCUT2D eigenvalue weighted by molar-refractivity contribution is -0.0190. The number of rotatable bonds is 4. The van der Waals surface area contributed by atoms with E-state index in [1.165, 1.54) is 0 Å². The molecule has 0 saturated heterocycles. The summed E-state index contributed by atoms with van der Waals surface area (Å²) >= 11 is 9.81. The number of ether oxygens (including phenoxy) is 2. The molecular weight excluding hydrogens is 464 g/mol. The van der Waals surface area contributed by atoms with Gasteiger partial charge in [0.2, 0.25) is 6.23 Å². The van der Waals surface area contributed by atoms with Gasteiger partial charge in [-0.1, -0.05) is 39.7 Å². The summed E-state index contributed by atoms with van der Waals surface area (Å²) in [6.45, 7) is 2.62. The van der Waals surface area contributed by atoms with E-state index >= 15 is 0 Å². The Balaban J connectivity index is 1.55. The van der Waals surface area contributed by atoms with E-state index in [4.69, 9.17) is 26.2 Å². The van der Waals surface area contributed by atoms with Gasteiger partial charge in [-0.05, 0) is 67.1 Å². The number of benzene rings is 3. The van der Waals surface area contributed by atoms with Crippen LogP contribution < -0.4 is 9.47 Å². The molecule has 30 heavy (non-hydrogen) atoms. The van der Waals surface area contributed by atoms with Gasteiger partial charge < -0.3 is 9.47 Å². The molecule has 6 heteroatoms. The van der Waals surface area contributed by atoms with Crippen molar-refractivity contribution < 1.29 is 9.47 Å². The minimum atomic E-state index is -0.313. The van der Waals surface area contributed by atoms with E-state index < -0.39 is 0 Å². The van der Waals surface area contributed by atoms with Crippen molar-refractivity contribution in [1.29, 1.82) is 0 Å². The van der Waals surface area contributed by atoms with Crippen molar-refractivity contribution in [2.45, 2.75) is 25.6 Å². The second kappa shape index (κ2) is 7.97. The van der Waals surface area contributed by atoms with Crippen LogP contribution in [0.25, 0.3) is 0 Å². The number of hydrazone groups is 1. The molecule has 3 aromatic rings. The summed E-state index contributed by atoms with van der Waals surface area (Å²) < 4.78 is 13.0. The first-order valence-corrected chi connectivity index (χ1v) is 11.1. The van der Waals surface area contributed by atoms with Gasteiger partial charge in [0, 0.05) is 27.0 Å². The van der Waals surface area contributed by atoms with Crippen LogP contribution in [-0.4, -0.2) is 17.3 Å². The first-order chi connectivity index (χ1) is 14.6. The molecule has 2 atom stereocenters. The van der Waals surface area contributed by atoms with Crippen LogP contribution in [0.5, 0.6) is 11.5 Å². The molecule has 0 fully saturated rings. The van der Waals surface area contributed by atoms with E-state index in [1.807, 2.05) is 61.5 Å². The van der Waals surface area contributed by atoms with E-state index in [0.29, 0.717) is 11.6 Å². The summed E-state index contributed by atoms with van der Waals surface area (Å²) in [7, 11) is 0. The third-order valence-electron chi connectivity index (χ3n) is 5.41. The molecule has 2 aliphatic heterocycles. The van der Waals surface area contributed by atoms with Gasteiger partial charge in [-0.25, -0.2) is 5.01 Å². The molecule has 4 nitrogen and oxygen atoms in total. The summed E-state index contributed by atoms with van der Waals surface area (Å²) in [4.78, 5) is 0. The minimum absolute atomic E-state index is 0.0719. The maximum absolute atomic E-state index is 6.40. The van der Waals surface area contributed by atoms with Crippen LogP contribution in [0.1, 0.15) is 42.3 Å². The van der Waals surface area contributed by atoms with Crippen LogP contribution in [0, 0.1) is 0 Å². The van der Waals surface area contributed by atoms with Crippen molar-refractivity contribution in [3.05, 3.63) is 92.9 Å². The summed E-state index contributed by atoms with van der Waals surface area (Å²) in [5, 5.41) is 7.75. The minimum Gasteiger partial charge on any atom is -0.494 e. The highest BCUT2D eigenvalue weighted by Gasteiger charge is 2.41. The van der Waals surface area contributed by atoms with Gasteiger partial charge in [0.25, 0.3) is 0 Å². The largest absolute Gasteiger partial charge is 0.494 e. The van der Waals surface area contributed by atoms with Crippen LogP contribution in [0.2, 0.25) is 5.02 Å². The highest BCUT2D eigenvalue weighted by Crippen LogP contribution is 2.48. The quantitative estimate of drug-likeness (QED) is 0.412. The van der Waals surface area contributed by atoms with Crippen LogP contribution in [0.4, 0.5) is 0 Å². The van der Waals surface area contributed by atoms with Crippen molar-refractivity contribution in [3.63, 3.8) is 0 Å². The lowest BCUT2D eigenvalue weighted by atomic mass is 9.96. The Labute approximate surface area is 189 Å². The summed E-state index contributed by atoms with van der Waals surface area (Å²) in [5.41, 5.74) is 4.26. The standard InChI is InChI=1S/C24H20BrClN2O2/c1-2-29-19-10-5-16(6-11-19)24-28-22(20-13-18(26)9-12-23(20)30-24)14-21(27-28)15-3-7-17(25)8-4-15/h3-13,22,24H,2,14H2,1H3. The molecule has 0 amide bonds. The lowest BCUT2D eigenvalue weighted by Crippen LogP contribution is -2.33. The summed E-state index contributed by atoms with van der Waals surface area (Å²) in [6.07, 6.45) is 0.485. The van der Waals surface area contributed by atoms with Gasteiger partial charge >= 0.3 is 0 Å². The van der Waals surface area contributed by atoms with E-state index in [0.717, 1.165) is 44.8 Å². The van der Waals surface area contributed by atoms with Crippen molar-refractivity contribution in [2.75, 3.05) is 6.61 Å². The number of hydrogen-bond donors (Lipinski definition) is 0. The van der Waals surface area contributed by atoms with Crippen LogP contribution >= 0.6 is 27.5 Å². The number of halogens is 2. The molecule has 2 unspecified atom stereocenters. The van der Waals surface area contributed by atoms with Gasteiger partial charge in [-0.2, -0.15) is 5.10 Å². The number of fused-ring (bicyclic) bond motifs is 3. The topological polar surface area (TPSA) is 34.1 Å². The first kappa shape index (κ1) is 19.5. The highest BCUT2D eigenvalue weighted by molar-refractivity contribution is 9.10. The predicted molar refractivity (Wildman–Crippen MR) is 122 cm³/mol. The monoisotopic (exact) mass is 482 g/mol. The molecule has 0 saturated carbocycles. The van der Waals surface area contributed by atoms with Gasteiger partial charge in [-0.15, -0.1) is 0 Å². The van der Waals surface area contributed by atoms with E-state index in [9.17, 15) is 0 Å². The molecule has 152 valence electrons. The average Bonchev–Trinajstić information content (AvgIpc) is 3.20. The molecule has 5 rings (SSSR count). The predicted octanol–water partition coefficient (Wildman–Crippen LogP) is 6.74. The fourth-order valence-corrected chi connectivity index (χ4v) is 4.44. The maximum atomic E-state index is 6.40. The third kappa shape index (κ3) is 3.57. The van der Waals surface area contributed by atoms with Gasteiger partial charge in [0.05, 0.1) is 18.4 Å². The number of hydrogen-bond acceptors (Lipinski definition) is 4. The Hall–Kier alpha value is -2.50. The van der Waals surface area contributed by atoms with Crippen molar-refractivity contribution in [2.24, 2.45) is 5.10 Å². The Bertz CT molecular complexity index is 1100. The Morgan fingerprint density at radius 3 is 2.60 bits per heavy atom. The van der Waals surface area contributed by atoms with Crippen LogP contribution in [0.15, 0.2) is 76.3 Å². The zero-order valence-electron chi connectivity index (χ0n) is 16.4. The maximum Gasteiger partial charge on any atom is 0.213 e. The zero-order chi connectivity index (χ0) is 20.7. The molecule has 0 spiro atoms. The second-order valence-electron chi connectivity index (χ2n) is 7.31. The van der Waals surface area contributed by atoms with Crippen LogP contribution in [-0.2, 0) is 0 Å². The average molecular weight is 484 g/mol. The Morgan fingerprint density at radius 1 is 1.10 bits per heavy atom. The van der Waals surface area contributed by atoms with E-state index in [-0.39, 0.29) is 12.3 Å². The van der Waals surface area contributed by atoms with E-state index in [2.05, 4.69) is 33.1 Å². The first-order valence-electron chi connectivity index (χ1n) is 9.93. The van der Waals surface area contributed by atoms with Crippen molar-refractivity contribution >= 4 is 33.2 Å². The molecule has 3 aromatic carbocycles. The normalized spacial score (nSPS) is 19.6. The summed E-state index contributed by atoms with van der Waals surface area (Å²) in [5.74, 6) is 1.70. The van der Waals surface area contributed by atoms with Crippen molar-refractivity contribution in [1.82, 2.24) is 5.01 Å². The van der Waals surface area contributed by atoms with Crippen LogP contribution in [0.3, 0.4) is 0 Å². The molecule has 0 aromatic heterocycles. The van der Waals surface area contributed by atoms with Gasteiger partial charge in [0.1, 0.15) is 11.5 Å².